The molecule has 1 aromatic carbocycles. The first kappa shape index (κ1) is 17.6. The summed E-state index contributed by atoms with van der Waals surface area (Å²) in [6.45, 7) is 5.32. The quantitative estimate of drug-likeness (QED) is 0.752. The third-order valence-electron chi connectivity index (χ3n) is 4.88. The second kappa shape index (κ2) is 7.44. The molecule has 7 heteroatoms. The molecule has 1 saturated heterocycles. The van der Waals surface area contributed by atoms with Crippen LogP contribution in [-0.4, -0.2) is 38.7 Å². The maximum atomic E-state index is 12.2. The molecule has 140 valence electrons. The molecule has 1 fully saturated rings. The number of ether oxygens (including phenoxy) is 1. The number of benzene rings is 1. The van der Waals surface area contributed by atoms with E-state index in [1.165, 1.54) is 0 Å². The Labute approximate surface area is 157 Å². The van der Waals surface area contributed by atoms with Gasteiger partial charge in [-0.3, -0.25) is 4.79 Å². The number of fused-ring (bicyclic) bond motifs is 1. The first-order valence-electron chi connectivity index (χ1n) is 9.42. The summed E-state index contributed by atoms with van der Waals surface area (Å²) in [4.78, 5) is 21.4. The van der Waals surface area contributed by atoms with Crippen LogP contribution < -0.4 is 5.32 Å². The maximum absolute atomic E-state index is 12.2. The summed E-state index contributed by atoms with van der Waals surface area (Å²) in [6, 6.07) is 7.68. The van der Waals surface area contributed by atoms with Crippen molar-refractivity contribution in [1.29, 1.82) is 0 Å². The van der Waals surface area contributed by atoms with E-state index in [0.29, 0.717) is 19.0 Å². The van der Waals surface area contributed by atoms with Crippen LogP contribution in [0.4, 0.5) is 5.69 Å². The largest absolute Gasteiger partial charge is 0.381 e. The fraction of sp³-hybridized carbons (Fsp3) is 0.400. The lowest BCUT2D eigenvalue weighted by atomic mass is 10.1. The van der Waals surface area contributed by atoms with Crippen LogP contribution in [0.1, 0.15) is 31.7 Å². The Morgan fingerprint density at radius 2 is 1.96 bits per heavy atom. The van der Waals surface area contributed by atoms with E-state index in [9.17, 15) is 4.79 Å². The zero-order chi connectivity index (χ0) is 18.8. The summed E-state index contributed by atoms with van der Waals surface area (Å²) in [5, 5.41) is 7.58. The van der Waals surface area contributed by atoms with Gasteiger partial charge < -0.3 is 10.1 Å². The Kier molecular flexibility index (Phi) is 4.85. The monoisotopic (exact) mass is 365 g/mol. The second-order valence-electron chi connectivity index (χ2n) is 6.71. The molecule has 7 nitrogen and oxygen atoms in total. The van der Waals surface area contributed by atoms with Crippen LogP contribution in [0.15, 0.2) is 30.5 Å². The lowest BCUT2D eigenvalue weighted by Crippen LogP contribution is -2.22. The Morgan fingerprint density at radius 3 is 2.63 bits per heavy atom. The highest BCUT2D eigenvalue weighted by molar-refractivity contribution is 5.93. The van der Waals surface area contributed by atoms with Gasteiger partial charge in [-0.05, 0) is 31.4 Å². The number of amides is 1. The first-order valence-corrected chi connectivity index (χ1v) is 9.42. The molecule has 1 amide bonds. The molecule has 3 heterocycles. The molecule has 1 atom stereocenters. The van der Waals surface area contributed by atoms with Crippen LogP contribution in [-0.2, 0) is 22.4 Å². The molecule has 2 aromatic heterocycles. The molecule has 1 N–H and O–H groups in total. The number of rotatable bonds is 5. The van der Waals surface area contributed by atoms with Gasteiger partial charge in [-0.15, -0.1) is 0 Å². The Balaban J connectivity index is 1.55. The third-order valence-corrected chi connectivity index (χ3v) is 4.88. The van der Waals surface area contributed by atoms with Gasteiger partial charge in [-0.1, -0.05) is 26.0 Å². The number of hydrogen-bond acceptors (Lipinski definition) is 5. The SMILES string of the molecule is CCc1nc2nc(-c3ccc(NC(=O)C4CCOC4)cc3)cn2nc1CC. The molecule has 0 radical (unpaired) electrons. The van der Waals surface area contributed by atoms with Crippen molar-refractivity contribution in [2.45, 2.75) is 33.1 Å². The van der Waals surface area contributed by atoms with Crippen molar-refractivity contribution in [2.75, 3.05) is 18.5 Å². The highest BCUT2D eigenvalue weighted by atomic mass is 16.5. The van der Waals surface area contributed by atoms with Gasteiger partial charge in [0.05, 0.1) is 35.8 Å². The summed E-state index contributed by atoms with van der Waals surface area (Å²) in [5.41, 5.74) is 4.55. The number of anilines is 1. The van der Waals surface area contributed by atoms with Crippen molar-refractivity contribution in [3.8, 4) is 11.3 Å². The standard InChI is InChI=1S/C20H23N5O2/c1-3-16-17(4-2)24-25-11-18(23-20(25)22-16)13-5-7-15(8-6-13)21-19(26)14-9-10-27-12-14/h5-8,11,14H,3-4,9-10,12H2,1-2H3,(H,21,26). The minimum atomic E-state index is -0.0548. The van der Waals surface area contributed by atoms with E-state index in [-0.39, 0.29) is 11.8 Å². The second-order valence-corrected chi connectivity index (χ2v) is 6.71. The van der Waals surface area contributed by atoms with Crippen LogP contribution in [0.25, 0.3) is 17.0 Å². The van der Waals surface area contributed by atoms with Gasteiger partial charge in [-0.25, -0.2) is 14.5 Å². The number of nitrogens with one attached hydrogen (secondary N) is 1. The molecule has 0 saturated carbocycles. The zero-order valence-corrected chi connectivity index (χ0v) is 15.6. The van der Waals surface area contributed by atoms with Gasteiger partial charge in [0.15, 0.2) is 0 Å². The van der Waals surface area contributed by atoms with Crippen molar-refractivity contribution >= 4 is 17.4 Å². The molecule has 1 aliphatic rings. The van der Waals surface area contributed by atoms with Crippen LogP contribution in [0.2, 0.25) is 0 Å². The molecule has 4 rings (SSSR count). The number of carbonyl (C=O) groups excluding carboxylic acids is 1. The molecular weight excluding hydrogens is 342 g/mol. The number of nitrogens with zero attached hydrogens (tertiary/aromatic N) is 4. The number of aryl methyl sites for hydroxylation is 2. The first-order chi connectivity index (χ1) is 13.2. The van der Waals surface area contributed by atoms with Crippen molar-refractivity contribution in [3.05, 3.63) is 41.9 Å². The summed E-state index contributed by atoms with van der Waals surface area (Å²) < 4.78 is 7.01. The topological polar surface area (TPSA) is 81.4 Å². The van der Waals surface area contributed by atoms with Gasteiger partial charge in [0.2, 0.25) is 5.91 Å². The average Bonchev–Trinajstić information content (AvgIpc) is 3.37. The van der Waals surface area contributed by atoms with E-state index in [1.54, 1.807) is 4.52 Å². The van der Waals surface area contributed by atoms with Gasteiger partial charge in [0.25, 0.3) is 5.78 Å². The molecule has 0 bridgehead atoms. The lowest BCUT2D eigenvalue weighted by Gasteiger charge is -2.09. The summed E-state index contributed by atoms with van der Waals surface area (Å²) in [6.07, 6.45) is 4.37. The fourth-order valence-electron chi connectivity index (χ4n) is 3.29. The lowest BCUT2D eigenvalue weighted by molar-refractivity contribution is -0.119. The smallest absolute Gasteiger partial charge is 0.251 e. The van der Waals surface area contributed by atoms with E-state index in [2.05, 4.69) is 34.2 Å². The Morgan fingerprint density at radius 1 is 1.19 bits per heavy atom. The third kappa shape index (κ3) is 3.55. The highest BCUT2D eigenvalue weighted by Gasteiger charge is 2.23. The molecule has 1 unspecified atom stereocenters. The highest BCUT2D eigenvalue weighted by Crippen LogP contribution is 2.22. The Bertz CT molecular complexity index is 917. The molecule has 3 aromatic rings. The summed E-state index contributed by atoms with van der Waals surface area (Å²) in [5.74, 6) is 0.569. The van der Waals surface area contributed by atoms with Gasteiger partial charge >= 0.3 is 0 Å². The van der Waals surface area contributed by atoms with E-state index < -0.39 is 0 Å². The Hall–Kier alpha value is -2.80. The minimum Gasteiger partial charge on any atom is -0.381 e. The van der Waals surface area contributed by atoms with Crippen LogP contribution >= 0.6 is 0 Å². The zero-order valence-electron chi connectivity index (χ0n) is 15.6. The van der Waals surface area contributed by atoms with E-state index in [1.807, 2.05) is 30.5 Å². The van der Waals surface area contributed by atoms with Gasteiger partial charge in [-0.2, -0.15) is 5.10 Å². The predicted octanol–water partition coefficient (Wildman–Crippen LogP) is 2.89. The fourth-order valence-corrected chi connectivity index (χ4v) is 3.29. The van der Waals surface area contributed by atoms with Crippen LogP contribution in [0.5, 0.6) is 0 Å². The van der Waals surface area contributed by atoms with Crippen LogP contribution in [0, 0.1) is 5.92 Å². The summed E-state index contributed by atoms with van der Waals surface area (Å²) in [7, 11) is 0. The minimum absolute atomic E-state index is 0.0144. The maximum Gasteiger partial charge on any atom is 0.251 e. The number of imidazole rings is 1. The molecule has 0 spiro atoms. The van der Waals surface area contributed by atoms with Crippen molar-refractivity contribution in [3.63, 3.8) is 0 Å². The van der Waals surface area contributed by atoms with E-state index in [4.69, 9.17) is 4.74 Å². The van der Waals surface area contributed by atoms with Crippen LogP contribution in [0.3, 0.4) is 0 Å². The average molecular weight is 365 g/mol. The molecule has 27 heavy (non-hydrogen) atoms. The van der Waals surface area contributed by atoms with Crippen molar-refractivity contribution in [1.82, 2.24) is 19.6 Å². The van der Waals surface area contributed by atoms with E-state index >= 15 is 0 Å². The normalized spacial score (nSPS) is 16.7. The van der Waals surface area contributed by atoms with Gasteiger partial charge in [0, 0.05) is 17.9 Å². The number of aromatic nitrogens is 4. The number of hydrogen-bond donors (Lipinski definition) is 1. The van der Waals surface area contributed by atoms with Crippen molar-refractivity contribution < 1.29 is 9.53 Å². The van der Waals surface area contributed by atoms with Crippen molar-refractivity contribution in [2.24, 2.45) is 5.92 Å². The van der Waals surface area contributed by atoms with Gasteiger partial charge in [0.1, 0.15) is 0 Å². The molecular formula is C20H23N5O2. The summed E-state index contributed by atoms with van der Waals surface area (Å²) >= 11 is 0. The van der Waals surface area contributed by atoms with E-state index in [0.717, 1.165) is 47.6 Å². The molecule has 0 aliphatic carbocycles. The predicted molar refractivity (Wildman–Crippen MR) is 103 cm³/mol. The molecule has 1 aliphatic heterocycles. The number of carbonyl (C=O) groups is 1.